The largest absolute Gasteiger partial charge is 0.377 e. The van der Waals surface area contributed by atoms with Crippen molar-refractivity contribution in [3.8, 4) is 0 Å². The van der Waals surface area contributed by atoms with E-state index >= 15 is 0 Å². The molecule has 1 aromatic rings. The first kappa shape index (κ1) is 19.0. The fourth-order valence-electron chi connectivity index (χ4n) is 5.27. The number of ether oxygens (including phenoxy) is 1. The van der Waals surface area contributed by atoms with E-state index in [2.05, 4.69) is 34.3 Å². The summed E-state index contributed by atoms with van der Waals surface area (Å²) in [6.07, 6.45) is 9.29. The molecule has 1 aliphatic carbocycles. The third kappa shape index (κ3) is 4.09. The van der Waals surface area contributed by atoms with Crippen LogP contribution in [0.5, 0.6) is 0 Å². The molecule has 1 saturated carbocycles. The molecule has 3 aliphatic rings. The molecule has 0 aromatic carbocycles. The second-order valence-electron chi connectivity index (χ2n) is 8.67. The number of amides is 1. The van der Waals surface area contributed by atoms with Gasteiger partial charge < -0.3 is 14.2 Å². The summed E-state index contributed by atoms with van der Waals surface area (Å²) in [7, 11) is 0. The molecule has 5 heteroatoms. The lowest BCUT2D eigenvalue weighted by atomic mass is 9.95. The van der Waals surface area contributed by atoms with Crippen molar-refractivity contribution in [2.75, 3.05) is 39.3 Å². The van der Waals surface area contributed by atoms with Gasteiger partial charge in [-0.1, -0.05) is 19.3 Å². The maximum absolute atomic E-state index is 13.2. The summed E-state index contributed by atoms with van der Waals surface area (Å²) in [6.45, 7) is 9.84. The lowest BCUT2D eigenvalue weighted by Gasteiger charge is -2.35. The van der Waals surface area contributed by atoms with Crippen LogP contribution in [0.25, 0.3) is 0 Å². The zero-order valence-corrected chi connectivity index (χ0v) is 17.1. The van der Waals surface area contributed by atoms with Crippen LogP contribution in [0.4, 0.5) is 0 Å². The monoisotopic (exact) mass is 373 g/mol. The Labute approximate surface area is 163 Å². The van der Waals surface area contributed by atoms with Crippen molar-refractivity contribution in [1.82, 2.24) is 14.4 Å². The first-order valence-corrected chi connectivity index (χ1v) is 10.9. The fourth-order valence-corrected chi connectivity index (χ4v) is 5.27. The van der Waals surface area contributed by atoms with Crippen molar-refractivity contribution >= 4 is 5.91 Å². The van der Waals surface area contributed by atoms with E-state index in [1.807, 2.05) is 0 Å². The van der Waals surface area contributed by atoms with Gasteiger partial charge in [-0.15, -0.1) is 0 Å². The highest BCUT2D eigenvalue weighted by Crippen LogP contribution is 2.32. The van der Waals surface area contributed by atoms with Crippen LogP contribution >= 0.6 is 0 Å². The van der Waals surface area contributed by atoms with Crippen LogP contribution in [0.1, 0.15) is 72.7 Å². The van der Waals surface area contributed by atoms with Crippen molar-refractivity contribution in [2.24, 2.45) is 0 Å². The molecule has 1 unspecified atom stereocenters. The van der Waals surface area contributed by atoms with Gasteiger partial charge >= 0.3 is 0 Å². The molecule has 0 spiro atoms. The van der Waals surface area contributed by atoms with E-state index < -0.39 is 0 Å². The average molecular weight is 374 g/mol. The minimum atomic E-state index is 0.224. The van der Waals surface area contributed by atoms with Crippen molar-refractivity contribution in [3.05, 3.63) is 23.0 Å². The minimum Gasteiger partial charge on any atom is -0.377 e. The Kier molecular flexibility index (Phi) is 5.88. The number of rotatable bonds is 4. The maximum atomic E-state index is 13.2. The number of aromatic nitrogens is 1. The summed E-state index contributed by atoms with van der Waals surface area (Å²) in [6, 6.07) is 2.72. The number of nitrogens with zero attached hydrogens (tertiary/aromatic N) is 3. The van der Waals surface area contributed by atoms with Crippen molar-refractivity contribution < 1.29 is 9.53 Å². The Balaban J connectivity index is 1.38. The zero-order valence-electron chi connectivity index (χ0n) is 17.1. The minimum absolute atomic E-state index is 0.224. The van der Waals surface area contributed by atoms with Crippen LogP contribution in [-0.2, 0) is 4.74 Å². The first-order valence-electron chi connectivity index (χ1n) is 10.9. The lowest BCUT2D eigenvalue weighted by molar-refractivity contribution is 0.0432. The average Bonchev–Trinajstić information content (AvgIpc) is 3.30. The molecule has 1 amide bonds. The highest BCUT2D eigenvalue weighted by molar-refractivity contribution is 5.95. The third-order valence-electron chi connectivity index (χ3n) is 6.80. The molecule has 150 valence electrons. The third-order valence-corrected chi connectivity index (χ3v) is 6.80. The molecule has 1 atom stereocenters. The van der Waals surface area contributed by atoms with Gasteiger partial charge in [0.05, 0.1) is 11.7 Å². The topological polar surface area (TPSA) is 37.7 Å². The summed E-state index contributed by atoms with van der Waals surface area (Å²) >= 11 is 0. The Morgan fingerprint density at radius 2 is 1.78 bits per heavy atom. The van der Waals surface area contributed by atoms with Gasteiger partial charge in [0.1, 0.15) is 0 Å². The summed E-state index contributed by atoms with van der Waals surface area (Å²) < 4.78 is 8.21. The SMILES string of the molecule is Cc1cc(C(=O)N2CCN(CC3CCCO3)CC2)c(C)n1C1CCCCC1. The van der Waals surface area contributed by atoms with E-state index in [-0.39, 0.29) is 5.91 Å². The van der Waals surface area contributed by atoms with Gasteiger partial charge in [0.25, 0.3) is 5.91 Å². The van der Waals surface area contributed by atoms with Crippen LogP contribution in [0, 0.1) is 13.8 Å². The summed E-state index contributed by atoms with van der Waals surface area (Å²) in [4.78, 5) is 17.7. The quantitative estimate of drug-likeness (QED) is 0.810. The van der Waals surface area contributed by atoms with Gasteiger partial charge in [-0.05, 0) is 45.6 Å². The van der Waals surface area contributed by atoms with Gasteiger partial charge in [-0.3, -0.25) is 9.69 Å². The number of piperazine rings is 1. The van der Waals surface area contributed by atoms with Crippen LogP contribution in [-0.4, -0.2) is 65.7 Å². The standard InChI is InChI=1S/C22H35N3O2/c1-17-15-21(18(2)25(17)19-7-4-3-5-8-19)22(26)24-12-10-23(11-13-24)16-20-9-6-14-27-20/h15,19-20H,3-14,16H2,1-2H3. The molecular weight excluding hydrogens is 338 g/mol. The highest BCUT2D eigenvalue weighted by atomic mass is 16.5. The molecular formula is C22H35N3O2. The molecule has 27 heavy (non-hydrogen) atoms. The Hall–Kier alpha value is -1.33. The van der Waals surface area contributed by atoms with Crippen LogP contribution < -0.4 is 0 Å². The number of carbonyl (C=O) groups excluding carboxylic acids is 1. The van der Waals surface area contributed by atoms with E-state index in [1.54, 1.807) is 0 Å². The maximum Gasteiger partial charge on any atom is 0.255 e. The molecule has 0 radical (unpaired) electrons. The lowest BCUT2D eigenvalue weighted by Crippen LogP contribution is -2.50. The normalized spacial score (nSPS) is 25.3. The molecule has 3 heterocycles. The highest BCUT2D eigenvalue weighted by Gasteiger charge is 2.28. The fraction of sp³-hybridized carbons (Fsp3) is 0.773. The molecule has 1 aromatic heterocycles. The van der Waals surface area contributed by atoms with Gasteiger partial charge in [0, 0.05) is 56.8 Å². The molecule has 3 fully saturated rings. The van der Waals surface area contributed by atoms with E-state index in [1.165, 1.54) is 56.3 Å². The van der Waals surface area contributed by atoms with Crippen molar-refractivity contribution in [3.63, 3.8) is 0 Å². The first-order chi connectivity index (χ1) is 13.1. The van der Waals surface area contributed by atoms with Gasteiger partial charge in [-0.2, -0.15) is 0 Å². The van der Waals surface area contributed by atoms with E-state index in [0.29, 0.717) is 12.1 Å². The summed E-state index contributed by atoms with van der Waals surface area (Å²) in [5, 5.41) is 0. The second-order valence-corrected chi connectivity index (χ2v) is 8.67. The van der Waals surface area contributed by atoms with Crippen LogP contribution in [0.15, 0.2) is 6.07 Å². The molecule has 0 N–H and O–H groups in total. The van der Waals surface area contributed by atoms with Crippen LogP contribution in [0.2, 0.25) is 0 Å². The van der Waals surface area contributed by atoms with Gasteiger partial charge in [0.2, 0.25) is 0 Å². The smallest absolute Gasteiger partial charge is 0.255 e. The van der Waals surface area contributed by atoms with E-state index in [9.17, 15) is 4.79 Å². The predicted octanol–water partition coefficient (Wildman–Crippen LogP) is 3.55. The van der Waals surface area contributed by atoms with Crippen molar-refractivity contribution in [1.29, 1.82) is 0 Å². The molecule has 0 bridgehead atoms. The van der Waals surface area contributed by atoms with Gasteiger partial charge in [0.15, 0.2) is 0 Å². The van der Waals surface area contributed by atoms with Crippen LogP contribution in [0.3, 0.4) is 0 Å². The number of carbonyl (C=O) groups is 1. The van der Waals surface area contributed by atoms with Gasteiger partial charge in [-0.25, -0.2) is 0 Å². The number of aryl methyl sites for hydroxylation is 1. The molecule has 5 nitrogen and oxygen atoms in total. The Bertz CT molecular complexity index is 649. The Morgan fingerprint density at radius 1 is 1.04 bits per heavy atom. The van der Waals surface area contributed by atoms with Crippen molar-refractivity contribution in [2.45, 2.75) is 70.9 Å². The molecule has 4 rings (SSSR count). The Morgan fingerprint density at radius 3 is 2.44 bits per heavy atom. The van der Waals surface area contributed by atoms with E-state index in [0.717, 1.165) is 44.9 Å². The summed E-state index contributed by atoms with van der Waals surface area (Å²) in [5.41, 5.74) is 3.34. The van der Waals surface area contributed by atoms with E-state index in [4.69, 9.17) is 4.74 Å². The summed E-state index contributed by atoms with van der Waals surface area (Å²) in [5.74, 6) is 0.224. The second kappa shape index (κ2) is 8.36. The number of hydrogen-bond donors (Lipinski definition) is 0. The predicted molar refractivity (Wildman–Crippen MR) is 107 cm³/mol. The molecule has 2 aliphatic heterocycles. The zero-order chi connectivity index (χ0) is 18.8. The molecule has 2 saturated heterocycles. The number of hydrogen-bond acceptors (Lipinski definition) is 3.